The minimum atomic E-state index is -4.37. The molecular formula is C10H10ClF3N2. The monoisotopic (exact) mass is 250 g/mol. The number of hydrazine groups is 1. The van der Waals surface area contributed by atoms with Crippen LogP contribution in [0.2, 0.25) is 0 Å². The Bertz CT molecular complexity index is 388. The van der Waals surface area contributed by atoms with Gasteiger partial charge in [-0.25, -0.2) is 0 Å². The molecule has 0 aliphatic carbocycles. The van der Waals surface area contributed by atoms with E-state index in [0.717, 1.165) is 12.1 Å². The number of alkyl halides is 4. The van der Waals surface area contributed by atoms with E-state index in [1.807, 2.05) is 0 Å². The number of nitrogens with two attached hydrogens (primary N) is 1. The molecule has 1 aromatic carbocycles. The summed E-state index contributed by atoms with van der Waals surface area (Å²) in [7, 11) is 0. The number of hydrogen-bond donors (Lipinski definition) is 2. The van der Waals surface area contributed by atoms with Crippen LogP contribution in [0.25, 0.3) is 6.08 Å². The van der Waals surface area contributed by atoms with Crippen molar-refractivity contribution in [2.45, 2.75) is 6.18 Å². The number of allylic oxidation sites excluding steroid dienone is 1. The van der Waals surface area contributed by atoms with E-state index >= 15 is 0 Å². The Balaban J connectivity index is 3.12. The Morgan fingerprint density at radius 3 is 2.56 bits per heavy atom. The van der Waals surface area contributed by atoms with Crippen molar-refractivity contribution in [1.82, 2.24) is 0 Å². The van der Waals surface area contributed by atoms with E-state index < -0.39 is 11.7 Å². The molecule has 0 fully saturated rings. The van der Waals surface area contributed by atoms with Crippen LogP contribution in [-0.4, -0.2) is 5.88 Å². The molecule has 0 amide bonds. The molecule has 2 nitrogen and oxygen atoms in total. The van der Waals surface area contributed by atoms with Crippen LogP contribution in [0, 0.1) is 0 Å². The fraction of sp³-hybridized carbons (Fsp3) is 0.200. The lowest BCUT2D eigenvalue weighted by Gasteiger charge is -2.10. The maximum atomic E-state index is 12.4. The smallest absolute Gasteiger partial charge is 0.324 e. The highest BCUT2D eigenvalue weighted by Gasteiger charge is 2.30. The largest absolute Gasteiger partial charge is 0.416 e. The normalized spacial score (nSPS) is 12.1. The molecule has 0 radical (unpaired) electrons. The molecule has 16 heavy (non-hydrogen) atoms. The molecule has 0 bridgehead atoms. The first-order valence-electron chi connectivity index (χ1n) is 4.39. The molecule has 0 spiro atoms. The average Bonchev–Trinajstić information content (AvgIpc) is 2.24. The summed E-state index contributed by atoms with van der Waals surface area (Å²) in [6.45, 7) is 0. The van der Waals surface area contributed by atoms with Crippen LogP contribution in [0.4, 0.5) is 18.9 Å². The Morgan fingerprint density at radius 1 is 1.38 bits per heavy atom. The first kappa shape index (κ1) is 12.9. The van der Waals surface area contributed by atoms with Gasteiger partial charge in [-0.05, 0) is 17.7 Å². The second-order valence-electron chi connectivity index (χ2n) is 3.00. The molecule has 6 heteroatoms. The van der Waals surface area contributed by atoms with Gasteiger partial charge in [-0.1, -0.05) is 18.2 Å². The van der Waals surface area contributed by atoms with Crippen LogP contribution in [0.15, 0.2) is 24.3 Å². The third-order valence-electron chi connectivity index (χ3n) is 1.92. The van der Waals surface area contributed by atoms with Gasteiger partial charge in [0.2, 0.25) is 0 Å². The van der Waals surface area contributed by atoms with Gasteiger partial charge in [0, 0.05) is 5.88 Å². The maximum absolute atomic E-state index is 12.4. The van der Waals surface area contributed by atoms with Gasteiger partial charge in [0.1, 0.15) is 0 Å². The van der Waals surface area contributed by atoms with E-state index in [1.165, 1.54) is 6.07 Å². The van der Waals surface area contributed by atoms with Crippen molar-refractivity contribution >= 4 is 23.4 Å². The number of hydrogen-bond acceptors (Lipinski definition) is 2. The van der Waals surface area contributed by atoms with E-state index in [2.05, 4.69) is 5.43 Å². The summed E-state index contributed by atoms with van der Waals surface area (Å²) in [6.07, 6.45) is -1.16. The van der Waals surface area contributed by atoms with Gasteiger partial charge >= 0.3 is 6.18 Å². The van der Waals surface area contributed by atoms with Crippen molar-refractivity contribution in [1.29, 1.82) is 0 Å². The van der Waals surface area contributed by atoms with E-state index in [0.29, 0.717) is 5.56 Å². The molecule has 0 atom stereocenters. The average molecular weight is 251 g/mol. The highest BCUT2D eigenvalue weighted by molar-refractivity contribution is 6.19. The summed E-state index contributed by atoms with van der Waals surface area (Å²) in [5.41, 5.74) is 2.23. The summed E-state index contributed by atoms with van der Waals surface area (Å²) in [5.74, 6) is 5.43. The van der Waals surface area contributed by atoms with Gasteiger partial charge in [0.15, 0.2) is 0 Å². The van der Waals surface area contributed by atoms with Crippen LogP contribution in [0.1, 0.15) is 11.1 Å². The minimum Gasteiger partial charge on any atom is -0.324 e. The van der Waals surface area contributed by atoms with E-state index in [4.69, 9.17) is 17.4 Å². The van der Waals surface area contributed by atoms with Gasteiger partial charge in [-0.15, -0.1) is 11.6 Å². The van der Waals surface area contributed by atoms with Gasteiger partial charge < -0.3 is 5.43 Å². The zero-order valence-corrected chi connectivity index (χ0v) is 8.94. The van der Waals surface area contributed by atoms with E-state index in [1.54, 1.807) is 12.2 Å². The molecule has 0 unspecified atom stereocenters. The summed E-state index contributed by atoms with van der Waals surface area (Å²) < 4.78 is 37.1. The minimum absolute atomic E-state index is 0.205. The van der Waals surface area contributed by atoms with Crippen LogP contribution in [0.3, 0.4) is 0 Å². The number of rotatable bonds is 3. The van der Waals surface area contributed by atoms with Crippen molar-refractivity contribution in [3.63, 3.8) is 0 Å². The number of anilines is 1. The lowest BCUT2D eigenvalue weighted by atomic mass is 10.1. The Labute approximate surface area is 95.9 Å². The maximum Gasteiger partial charge on any atom is 0.416 e. The molecule has 0 saturated heterocycles. The van der Waals surface area contributed by atoms with Crippen molar-refractivity contribution in [3.05, 3.63) is 35.4 Å². The Kier molecular flexibility index (Phi) is 4.20. The predicted octanol–water partition coefficient (Wildman–Crippen LogP) is 3.24. The fourth-order valence-corrected chi connectivity index (χ4v) is 1.26. The lowest BCUT2D eigenvalue weighted by Crippen LogP contribution is -2.11. The molecule has 0 aromatic heterocycles. The van der Waals surface area contributed by atoms with Crippen LogP contribution >= 0.6 is 11.6 Å². The van der Waals surface area contributed by atoms with Crippen LogP contribution in [-0.2, 0) is 6.18 Å². The Morgan fingerprint density at radius 2 is 2.06 bits per heavy atom. The third kappa shape index (κ3) is 3.15. The van der Waals surface area contributed by atoms with Crippen molar-refractivity contribution < 1.29 is 13.2 Å². The molecular weight excluding hydrogens is 241 g/mol. The zero-order valence-electron chi connectivity index (χ0n) is 8.18. The van der Waals surface area contributed by atoms with Gasteiger partial charge in [-0.2, -0.15) is 13.2 Å². The molecule has 3 N–H and O–H groups in total. The molecule has 1 rings (SSSR count). The van der Waals surface area contributed by atoms with Gasteiger partial charge in [0.25, 0.3) is 0 Å². The highest BCUT2D eigenvalue weighted by Crippen LogP contribution is 2.32. The number of halogens is 4. The van der Waals surface area contributed by atoms with E-state index in [-0.39, 0.29) is 11.6 Å². The number of nitrogens with one attached hydrogen (secondary N) is 1. The standard InChI is InChI=1S/C10H10ClF3N2/c11-5-1-2-7-3-4-8(10(12,13)14)6-9(7)16-15/h1-4,6,16H,5,15H2. The zero-order chi connectivity index (χ0) is 12.2. The Hall–Kier alpha value is -1.20. The van der Waals surface area contributed by atoms with Gasteiger partial charge in [0.05, 0.1) is 11.3 Å². The number of benzene rings is 1. The predicted molar refractivity (Wildman–Crippen MR) is 59.0 cm³/mol. The first-order valence-corrected chi connectivity index (χ1v) is 4.93. The molecule has 0 aliphatic heterocycles. The van der Waals surface area contributed by atoms with Crippen LogP contribution < -0.4 is 11.3 Å². The van der Waals surface area contributed by atoms with Crippen molar-refractivity contribution in [3.8, 4) is 0 Å². The summed E-state index contributed by atoms with van der Waals surface area (Å²) in [6, 6.07) is 3.28. The van der Waals surface area contributed by atoms with Gasteiger partial charge in [-0.3, -0.25) is 5.84 Å². The second kappa shape index (κ2) is 5.23. The van der Waals surface area contributed by atoms with E-state index in [9.17, 15) is 13.2 Å². The molecule has 0 saturated carbocycles. The lowest BCUT2D eigenvalue weighted by molar-refractivity contribution is -0.137. The fourth-order valence-electron chi connectivity index (χ4n) is 1.17. The highest BCUT2D eigenvalue weighted by atomic mass is 35.5. The quantitative estimate of drug-likeness (QED) is 0.491. The molecule has 0 aliphatic rings. The first-order chi connectivity index (χ1) is 7.49. The SMILES string of the molecule is NNc1cc(C(F)(F)F)ccc1C=CCCl. The topological polar surface area (TPSA) is 38.0 Å². The number of nitrogen functional groups attached to an aromatic ring is 1. The summed E-state index contributed by atoms with van der Waals surface area (Å²) in [5, 5.41) is 0. The molecule has 1 aromatic rings. The van der Waals surface area contributed by atoms with Crippen molar-refractivity contribution in [2.24, 2.45) is 5.84 Å². The van der Waals surface area contributed by atoms with Crippen LogP contribution in [0.5, 0.6) is 0 Å². The summed E-state index contributed by atoms with van der Waals surface area (Å²) >= 11 is 5.43. The molecule has 0 heterocycles. The summed E-state index contributed by atoms with van der Waals surface area (Å²) in [4.78, 5) is 0. The molecule has 88 valence electrons. The second-order valence-corrected chi connectivity index (χ2v) is 3.31. The van der Waals surface area contributed by atoms with Crippen molar-refractivity contribution in [2.75, 3.05) is 11.3 Å². The third-order valence-corrected chi connectivity index (χ3v) is 2.10.